The Labute approximate surface area is 104 Å². The molecule has 1 aliphatic heterocycles. The van der Waals surface area contributed by atoms with Gasteiger partial charge in [-0.05, 0) is 25.2 Å². The zero-order valence-corrected chi connectivity index (χ0v) is 10.9. The van der Waals surface area contributed by atoms with Crippen molar-refractivity contribution in [2.24, 2.45) is 0 Å². The van der Waals surface area contributed by atoms with Crippen molar-refractivity contribution in [3.05, 3.63) is 35.4 Å². The van der Waals surface area contributed by atoms with Gasteiger partial charge in [-0.2, -0.15) is 0 Å². The Hall–Kier alpha value is -0.900. The first kappa shape index (κ1) is 12.6. The molecule has 2 rings (SSSR count). The summed E-state index contributed by atoms with van der Waals surface area (Å²) >= 11 is 0. The molecular weight excluding hydrogens is 210 g/mol. The fraction of sp³-hybridized carbons (Fsp3) is 0.571. The van der Waals surface area contributed by atoms with E-state index in [1.807, 2.05) is 0 Å². The van der Waals surface area contributed by atoms with E-state index >= 15 is 0 Å². The first-order valence-electron chi connectivity index (χ1n) is 6.39. The van der Waals surface area contributed by atoms with Gasteiger partial charge in [-0.25, -0.2) is 0 Å². The zero-order valence-electron chi connectivity index (χ0n) is 10.9. The molecular formula is C14H23N3. The number of piperazine rings is 1. The van der Waals surface area contributed by atoms with Crippen molar-refractivity contribution in [1.82, 2.24) is 15.1 Å². The van der Waals surface area contributed by atoms with E-state index in [4.69, 9.17) is 0 Å². The maximum absolute atomic E-state index is 3.39. The SMILES string of the molecule is CN(C)Cc1cccc(CN2CCNCC2)c1. The molecule has 0 bridgehead atoms. The number of hydrogen-bond acceptors (Lipinski definition) is 3. The van der Waals surface area contributed by atoms with Gasteiger partial charge in [0.15, 0.2) is 0 Å². The average molecular weight is 233 g/mol. The minimum absolute atomic E-state index is 1.02. The largest absolute Gasteiger partial charge is 0.314 e. The Morgan fingerprint density at radius 3 is 2.59 bits per heavy atom. The molecule has 0 amide bonds. The molecule has 1 saturated heterocycles. The van der Waals surface area contributed by atoms with E-state index in [0.29, 0.717) is 0 Å². The van der Waals surface area contributed by atoms with Crippen LogP contribution < -0.4 is 5.32 Å². The molecule has 3 nitrogen and oxygen atoms in total. The molecule has 0 saturated carbocycles. The van der Waals surface area contributed by atoms with Gasteiger partial charge >= 0.3 is 0 Å². The van der Waals surface area contributed by atoms with Gasteiger partial charge < -0.3 is 10.2 Å². The molecule has 1 aromatic rings. The van der Waals surface area contributed by atoms with E-state index in [-0.39, 0.29) is 0 Å². The maximum atomic E-state index is 3.39. The second-order valence-corrected chi connectivity index (χ2v) is 5.08. The van der Waals surface area contributed by atoms with Crippen LogP contribution in [0.2, 0.25) is 0 Å². The Kier molecular flexibility index (Phi) is 4.54. The van der Waals surface area contributed by atoms with Gasteiger partial charge in [-0.1, -0.05) is 24.3 Å². The monoisotopic (exact) mass is 233 g/mol. The Balaban J connectivity index is 1.95. The van der Waals surface area contributed by atoms with E-state index < -0.39 is 0 Å². The summed E-state index contributed by atoms with van der Waals surface area (Å²) in [5.41, 5.74) is 2.84. The third-order valence-corrected chi connectivity index (χ3v) is 3.11. The first-order valence-corrected chi connectivity index (χ1v) is 6.39. The molecule has 1 fully saturated rings. The standard InChI is InChI=1S/C14H23N3/c1-16(2)11-13-4-3-5-14(10-13)12-17-8-6-15-7-9-17/h3-5,10,15H,6-9,11-12H2,1-2H3. The van der Waals surface area contributed by atoms with Crippen molar-refractivity contribution in [1.29, 1.82) is 0 Å². The van der Waals surface area contributed by atoms with Gasteiger partial charge in [-0.15, -0.1) is 0 Å². The zero-order chi connectivity index (χ0) is 12.1. The molecule has 0 atom stereocenters. The summed E-state index contributed by atoms with van der Waals surface area (Å²) < 4.78 is 0. The quantitative estimate of drug-likeness (QED) is 0.842. The van der Waals surface area contributed by atoms with Crippen LogP contribution in [0.3, 0.4) is 0 Å². The van der Waals surface area contributed by atoms with Gasteiger partial charge in [0.05, 0.1) is 0 Å². The molecule has 0 aliphatic carbocycles. The summed E-state index contributed by atoms with van der Waals surface area (Å²) in [6.07, 6.45) is 0. The fourth-order valence-corrected chi connectivity index (χ4v) is 2.32. The predicted molar refractivity (Wildman–Crippen MR) is 72.0 cm³/mol. The molecule has 1 N–H and O–H groups in total. The molecule has 1 heterocycles. The minimum atomic E-state index is 1.02. The Morgan fingerprint density at radius 2 is 1.88 bits per heavy atom. The van der Waals surface area contributed by atoms with Gasteiger partial charge in [0.25, 0.3) is 0 Å². The lowest BCUT2D eigenvalue weighted by Crippen LogP contribution is -2.42. The average Bonchev–Trinajstić information content (AvgIpc) is 2.30. The highest BCUT2D eigenvalue weighted by Gasteiger charge is 2.09. The molecule has 0 spiro atoms. The maximum Gasteiger partial charge on any atom is 0.0234 e. The van der Waals surface area contributed by atoms with Crippen LogP contribution in [0.25, 0.3) is 0 Å². The summed E-state index contributed by atoms with van der Waals surface area (Å²) in [6, 6.07) is 8.96. The number of benzene rings is 1. The van der Waals surface area contributed by atoms with Crippen LogP contribution in [0, 0.1) is 0 Å². The summed E-state index contributed by atoms with van der Waals surface area (Å²) in [4.78, 5) is 4.73. The minimum Gasteiger partial charge on any atom is -0.314 e. The van der Waals surface area contributed by atoms with Crippen LogP contribution in [0.15, 0.2) is 24.3 Å². The molecule has 0 unspecified atom stereocenters. The topological polar surface area (TPSA) is 18.5 Å². The summed E-state index contributed by atoms with van der Waals surface area (Å²) in [6.45, 7) is 6.68. The van der Waals surface area contributed by atoms with Gasteiger partial charge in [0, 0.05) is 39.3 Å². The van der Waals surface area contributed by atoms with Crippen molar-refractivity contribution < 1.29 is 0 Å². The van der Waals surface area contributed by atoms with Gasteiger partial charge in [0.1, 0.15) is 0 Å². The normalized spacial score (nSPS) is 17.6. The molecule has 1 aromatic carbocycles. The molecule has 17 heavy (non-hydrogen) atoms. The van der Waals surface area contributed by atoms with Crippen LogP contribution in [-0.4, -0.2) is 50.1 Å². The lowest BCUT2D eigenvalue weighted by Gasteiger charge is -2.27. The van der Waals surface area contributed by atoms with E-state index in [2.05, 4.69) is 53.5 Å². The van der Waals surface area contributed by atoms with Crippen molar-refractivity contribution in [2.75, 3.05) is 40.3 Å². The van der Waals surface area contributed by atoms with Crippen molar-refractivity contribution in [2.45, 2.75) is 13.1 Å². The van der Waals surface area contributed by atoms with E-state index in [9.17, 15) is 0 Å². The Morgan fingerprint density at radius 1 is 1.18 bits per heavy atom. The first-order chi connectivity index (χ1) is 8.24. The second-order valence-electron chi connectivity index (χ2n) is 5.08. The third kappa shape index (κ3) is 4.11. The lowest BCUT2D eigenvalue weighted by atomic mass is 10.1. The summed E-state index contributed by atoms with van der Waals surface area (Å²) in [5, 5.41) is 3.39. The molecule has 0 radical (unpaired) electrons. The van der Waals surface area contributed by atoms with Crippen LogP contribution in [-0.2, 0) is 13.1 Å². The smallest absolute Gasteiger partial charge is 0.0234 e. The highest BCUT2D eigenvalue weighted by Crippen LogP contribution is 2.10. The number of nitrogens with one attached hydrogen (secondary N) is 1. The third-order valence-electron chi connectivity index (χ3n) is 3.11. The van der Waals surface area contributed by atoms with Crippen molar-refractivity contribution in [3.63, 3.8) is 0 Å². The van der Waals surface area contributed by atoms with Crippen LogP contribution in [0.4, 0.5) is 0 Å². The summed E-state index contributed by atoms with van der Waals surface area (Å²) in [7, 11) is 4.23. The van der Waals surface area contributed by atoms with Crippen LogP contribution in [0.1, 0.15) is 11.1 Å². The van der Waals surface area contributed by atoms with Crippen molar-refractivity contribution >= 4 is 0 Å². The number of hydrogen-bond donors (Lipinski definition) is 1. The predicted octanol–water partition coefficient (Wildman–Crippen LogP) is 1.15. The molecule has 94 valence electrons. The van der Waals surface area contributed by atoms with E-state index in [0.717, 1.165) is 39.3 Å². The second kappa shape index (κ2) is 6.15. The number of rotatable bonds is 4. The molecule has 3 heteroatoms. The van der Waals surface area contributed by atoms with E-state index in [1.165, 1.54) is 11.1 Å². The van der Waals surface area contributed by atoms with Gasteiger partial charge in [-0.3, -0.25) is 4.90 Å². The Bertz CT molecular complexity index is 343. The van der Waals surface area contributed by atoms with Crippen LogP contribution >= 0.6 is 0 Å². The molecule has 1 aliphatic rings. The number of nitrogens with zero attached hydrogens (tertiary/aromatic N) is 2. The van der Waals surface area contributed by atoms with Gasteiger partial charge in [0.2, 0.25) is 0 Å². The van der Waals surface area contributed by atoms with Crippen LogP contribution in [0.5, 0.6) is 0 Å². The summed E-state index contributed by atoms with van der Waals surface area (Å²) in [5.74, 6) is 0. The lowest BCUT2D eigenvalue weighted by molar-refractivity contribution is 0.233. The molecule has 0 aromatic heterocycles. The highest BCUT2D eigenvalue weighted by atomic mass is 15.2. The van der Waals surface area contributed by atoms with E-state index in [1.54, 1.807) is 0 Å². The fourth-order valence-electron chi connectivity index (χ4n) is 2.32. The van der Waals surface area contributed by atoms with Crippen molar-refractivity contribution in [3.8, 4) is 0 Å². The highest BCUT2D eigenvalue weighted by molar-refractivity contribution is 5.23.